The number of halogens is 2. The highest BCUT2D eigenvalue weighted by Gasteiger charge is 2.53. The van der Waals surface area contributed by atoms with Gasteiger partial charge >= 0.3 is 5.97 Å². The summed E-state index contributed by atoms with van der Waals surface area (Å²) in [6.45, 7) is 3.91. The Morgan fingerprint density at radius 1 is 1.35 bits per heavy atom. The third-order valence-corrected chi connectivity index (χ3v) is 4.70. The summed E-state index contributed by atoms with van der Waals surface area (Å²) < 4.78 is 4.81. The summed E-state index contributed by atoms with van der Waals surface area (Å²) in [7, 11) is 1.29. The van der Waals surface area contributed by atoms with Crippen molar-refractivity contribution in [1.82, 2.24) is 10.0 Å². The minimum absolute atomic E-state index is 0.140. The highest BCUT2D eigenvalue weighted by atomic mass is 35.5. The topological polar surface area (TPSA) is 49.9 Å². The number of hydrazine groups is 1. The van der Waals surface area contributed by atoms with E-state index in [1.807, 2.05) is 24.9 Å². The van der Waals surface area contributed by atoms with Crippen LogP contribution in [0.25, 0.3) is 0 Å². The summed E-state index contributed by atoms with van der Waals surface area (Å²) in [6.07, 6.45) is 2.02. The van der Waals surface area contributed by atoms with Gasteiger partial charge in [-0.25, -0.2) is 9.80 Å². The second-order valence-corrected chi connectivity index (χ2v) is 7.04. The lowest BCUT2D eigenvalue weighted by Gasteiger charge is -2.36. The minimum atomic E-state index is -0.548. The molecule has 2 heterocycles. The van der Waals surface area contributed by atoms with E-state index in [0.717, 1.165) is 5.56 Å². The van der Waals surface area contributed by atoms with Crippen LogP contribution in [0, 0.1) is 0 Å². The predicted molar refractivity (Wildman–Crippen MR) is 86.7 cm³/mol. The molecule has 0 aromatic heterocycles. The summed E-state index contributed by atoms with van der Waals surface area (Å²) in [6, 6.07) is 4.86. The van der Waals surface area contributed by atoms with Crippen LogP contribution in [-0.4, -0.2) is 34.5 Å². The number of fused-ring (bicyclic) bond motifs is 1. The molecule has 1 atom stereocenters. The molecule has 1 aromatic rings. The summed E-state index contributed by atoms with van der Waals surface area (Å²) in [5.41, 5.74) is 0.554. The van der Waals surface area contributed by atoms with Crippen LogP contribution in [0.15, 0.2) is 30.0 Å². The second-order valence-electron chi connectivity index (χ2n) is 6.19. The van der Waals surface area contributed by atoms with E-state index in [4.69, 9.17) is 27.9 Å². The number of amides is 1. The van der Waals surface area contributed by atoms with E-state index in [0.29, 0.717) is 16.5 Å². The van der Waals surface area contributed by atoms with Crippen molar-refractivity contribution in [2.24, 2.45) is 0 Å². The number of rotatable bonds is 2. The van der Waals surface area contributed by atoms with Gasteiger partial charge in [0.2, 0.25) is 5.91 Å². The summed E-state index contributed by atoms with van der Waals surface area (Å²) in [4.78, 5) is 24.5. The molecule has 0 radical (unpaired) electrons. The summed E-state index contributed by atoms with van der Waals surface area (Å²) >= 11 is 12.3. The van der Waals surface area contributed by atoms with Gasteiger partial charge in [0.1, 0.15) is 5.70 Å². The van der Waals surface area contributed by atoms with Crippen LogP contribution in [0.5, 0.6) is 0 Å². The normalized spacial score (nSPS) is 23.0. The molecular formula is C16H16Cl2N2O3. The molecule has 122 valence electrons. The van der Waals surface area contributed by atoms with Gasteiger partial charge in [-0.1, -0.05) is 29.3 Å². The maximum Gasteiger partial charge on any atom is 0.356 e. The Labute approximate surface area is 144 Å². The molecule has 1 aromatic carbocycles. The number of nitrogens with zero attached hydrogens (tertiary/aromatic N) is 2. The highest BCUT2D eigenvalue weighted by Crippen LogP contribution is 2.47. The Morgan fingerprint density at radius 3 is 2.65 bits per heavy atom. The molecule has 5 nitrogen and oxygen atoms in total. The lowest BCUT2D eigenvalue weighted by molar-refractivity contribution is -0.147. The molecule has 1 fully saturated rings. The largest absolute Gasteiger partial charge is 0.464 e. The Hall–Kier alpha value is -1.56. The molecule has 1 amide bonds. The predicted octanol–water partition coefficient (Wildman–Crippen LogP) is 3.33. The van der Waals surface area contributed by atoms with Crippen LogP contribution >= 0.6 is 23.2 Å². The zero-order valence-corrected chi connectivity index (χ0v) is 14.5. The first-order chi connectivity index (χ1) is 10.8. The van der Waals surface area contributed by atoms with Gasteiger partial charge in [0, 0.05) is 22.0 Å². The first-order valence-corrected chi connectivity index (χ1v) is 7.89. The zero-order valence-electron chi connectivity index (χ0n) is 13.0. The zero-order chi connectivity index (χ0) is 16.9. The van der Waals surface area contributed by atoms with Gasteiger partial charge in [0.15, 0.2) is 0 Å². The average Bonchev–Trinajstić information content (AvgIpc) is 2.96. The van der Waals surface area contributed by atoms with Gasteiger partial charge in [0.05, 0.1) is 13.2 Å². The molecule has 0 aliphatic carbocycles. The fourth-order valence-electron chi connectivity index (χ4n) is 3.18. The van der Waals surface area contributed by atoms with Crippen molar-refractivity contribution in [3.8, 4) is 0 Å². The quantitative estimate of drug-likeness (QED) is 0.764. The van der Waals surface area contributed by atoms with E-state index in [1.54, 1.807) is 18.2 Å². The molecule has 2 aliphatic rings. The van der Waals surface area contributed by atoms with E-state index in [2.05, 4.69) is 0 Å². The first-order valence-electron chi connectivity index (χ1n) is 7.13. The van der Waals surface area contributed by atoms with E-state index in [1.165, 1.54) is 12.1 Å². The Bertz CT molecular complexity index is 730. The monoisotopic (exact) mass is 354 g/mol. The second kappa shape index (κ2) is 5.51. The number of benzene rings is 1. The molecule has 23 heavy (non-hydrogen) atoms. The van der Waals surface area contributed by atoms with Crippen LogP contribution in [0.4, 0.5) is 0 Å². The number of hydrogen-bond donors (Lipinski definition) is 0. The lowest BCUT2D eigenvalue weighted by Crippen LogP contribution is -2.45. The van der Waals surface area contributed by atoms with Crippen molar-refractivity contribution in [2.75, 3.05) is 7.11 Å². The van der Waals surface area contributed by atoms with Crippen molar-refractivity contribution < 1.29 is 14.3 Å². The average molecular weight is 355 g/mol. The summed E-state index contributed by atoms with van der Waals surface area (Å²) in [5, 5.41) is 4.29. The number of carbonyl (C=O) groups excluding carboxylic acids is 2. The van der Waals surface area contributed by atoms with Gasteiger partial charge in [-0.15, -0.1) is 0 Å². The SMILES string of the molecule is COC(=O)C1=CC(c2ccc(Cl)cc2Cl)N2N1C(=O)CC2(C)C. The maximum atomic E-state index is 12.4. The van der Waals surface area contributed by atoms with Crippen LogP contribution in [0.2, 0.25) is 10.0 Å². The van der Waals surface area contributed by atoms with Crippen molar-refractivity contribution in [3.63, 3.8) is 0 Å². The third-order valence-electron chi connectivity index (χ3n) is 4.14. The molecule has 0 N–H and O–H groups in total. The highest BCUT2D eigenvalue weighted by molar-refractivity contribution is 6.35. The molecule has 0 bridgehead atoms. The molecule has 1 unspecified atom stereocenters. The van der Waals surface area contributed by atoms with Crippen LogP contribution in [0.1, 0.15) is 31.9 Å². The van der Waals surface area contributed by atoms with E-state index < -0.39 is 11.5 Å². The maximum absolute atomic E-state index is 12.4. The number of carbonyl (C=O) groups is 2. The molecule has 3 rings (SSSR count). The minimum Gasteiger partial charge on any atom is -0.464 e. The Morgan fingerprint density at radius 2 is 2.04 bits per heavy atom. The van der Waals surface area contributed by atoms with E-state index >= 15 is 0 Å². The van der Waals surface area contributed by atoms with Crippen molar-refractivity contribution in [3.05, 3.63) is 45.6 Å². The van der Waals surface area contributed by atoms with Gasteiger partial charge < -0.3 is 4.74 Å². The first kappa shape index (κ1) is 16.3. The summed E-state index contributed by atoms with van der Waals surface area (Å²) in [5.74, 6) is -0.687. The smallest absolute Gasteiger partial charge is 0.356 e. The van der Waals surface area contributed by atoms with Crippen molar-refractivity contribution in [1.29, 1.82) is 0 Å². The van der Waals surface area contributed by atoms with Gasteiger partial charge in [-0.2, -0.15) is 5.01 Å². The van der Waals surface area contributed by atoms with Gasteiger partial charge in [-0.3, -0.25) is 4.79 Å². The van der Waals surface area contributed by atoms with Crippen molar-refractivity contribution in [2.45, 2.75) is 31.8 Å². The number of hydrogen-bond acceptors (Lipinski definition) is 4. The van der Waals surface area contributed by atoms with Gasteiger partial charge in [-0.05, 0) is 37.6 Å². The van der Waals surface area contributed by atoms with Crippen LogP contribution < -0.4 is 0 Å². The third kappa shape index (κ3) is 2.53. The van der Waals surface area contributed by atoms with Crippen molar-refractivity contribution >= 4 is 35.1 Å². The number of ether oxygens (including phenoxy) is 1. The fraction of sp³-hybridized carbons (Fsp3) is 0.375. The van der Waals surface area contributed by atoms with Gasteiger partial charge in [0.25, 0.3) is 0 Å². The number of methoxy groups -OCH3 is 1. The Kier molecular flexibility index (Phi) is 3.91. The molecule has 1 saturated heterocycles. The Balaban J connectivity index is 2.13. The van der Waals surface area contributed by atoms with Crippen LogP contribution in [-0.2, 0) is 14.3 Å². The lowest BCUT2D eigenvalue weighted by atomic mass is 9.97. The molecule has 2 aliphatic heterocycles. The molecule has 0 spiro atoms. The van der Waals surface area contributed by atoms with Crippen LogP contribution in [0.3, 0.4) is 0 Å². The number of esters is 1. The standard InChI is InChI=1S/C16H16Cl2N2O3/c1-16(2)8-14(21)19-13(15(22)23-3)7-12(20(16)19)10-5-4-9(17)6-11(10)18/h4-7,12H,8H2,1-3H3. The molecular weight excluding hydrogens is 339 g/mol. The molecule has 7 heteroatoms. The van der Waals surface area contributed by atoms with E-state index in [9.17, 15) is 9.59 Å². The molecule has 0 saturated carbocycles. The fourth-order valence-corrected chi connectivity index (χ4v) is 3.70. The van der Waals surface area contributed by atoms with E-state index in [-0.39, 0.29) is 17.6 Å².